The van der Waals surface area contributed by atoms with Gasteiger partial charge in [0.15, 0.2) is 0 Å². The smallest absolute Gasteiger partial charge is 0.109 e. The molecular weight excluding hydrogens is 154 g/mol. The van der Waals surface area contributed by atoms with Gasteiger partial charge in [-0.05, 0) is 12.1 Å². The molecule has 0 aromatic rings. The molecule has 0 spiro atoms. The molecule has 1 aliphatic rings. The van der Waals surface area contributed by atoms with Crippen molar-refractivity contribution in [2.75, 3.05) is 0 Å². The summed E-state index contributed by atoms with van der Waals surface area (Å²) in [5, 5.41) is 0. The van der Waals surface area contributed by atoms with Crippen LogP contribution in [0.3, 0.4) is 0 Å². The molecule has 0 bridgehead atoms. The largest absolute Gasteiger partial charge is 0.362 e. The third-order valence-corrected chi connectivity index (χ3v) is 9.30. The van der Waals surface area contributed by atoms with Crippen molar-refractivity contribution in [2.45, 2.75) is 44.6 Å². The highest BCUT2D eigenvalue weighted by atomic mass is 28.4. The zero-order valence-corrected chi connectivity index (χ0v) is 9.56. The van der Waals surface area contributed by atoms with Crippen LogP contribution in [-0.4, -0.2) is 17.2 Å². The van der Waals surface area contributed by atoms with Gasteiger partial charge in [-0.2, -0.15) is 0 Å². The maximum absolute atomic E-state index is 3.90. The maximum Gasteiger partial charge on any atom is 0.109 e. The van der Waals surface area contributed by atoms with E-state index in [2.05, 4.69) is 24.3 Å². The molecule has 0 amide bonds. The molecule has 1 nitrogen and oxygen atoms in total. The molecule has 1 N–H and O–H groups in total. The van der Waals surface area contributed by atoms with E-state index in [-0.39, 0.29) is 0 Å². The summed E-state index contributed by atoms with van der Waals surface area (Å²) in [7, 11) is -1.30. The summed E-state index contributed by atoms with van der Waals surface area (Å²) in [5.74, 6) is 0. The highest BCUT2D eigenvalue weighted by Gasteiger charge is 2.22. The minimum Gasteiger partial charge on any atom is -0.362 e. The van der Waals surface area contributed by atoms with Crippen LogP contribution in [-0.2, 0) is 0 Å². The van der Waals surface area contributed by atoms with Gasteiger partial charge < -0.3 is 4.65 Å². The fourth-order valence-corrected chi connectivity index (χ4v) is 9.59. The molecule has 1 rings (SSSR count). The molecular formula is C7H19NSi2. The molecule has 1 saturated heterocycles. The lowest BCUT2D eigenvalue weighted by Gasteiger charge is -2.22. The Morgan fingerprint density at radius 1 is 1.10 bits per heavy atom. The summed E-state index contributed by atoms with van der Waals surface area (Å²) in [6, 6.07) is 3.12. The van der Waals surface area contributed by atoms with Crippen LogP contribution in [0.15, 0.2) is 0 Å². The molecule has 0 atom stereocenters. The minimum absolute atomic E-state index is 0.394. The molecule has 0 saturated carbocycles. The third kappa shape index (κ3) is 2.99. The number of nitrogens with one attached hydrogen (secondary N) is 1. The van der Waals surface area contributed by atoms with Gasteiger partial charge in [-0.3, -0.25) is 0 Å². The molecule has 0 unspecified atom stereocenters. The van der Waals surface area contributed by atoms with Crippen LogP contribution in [0.25, 0.3) is 0 Å². The van der Waals surface area contributed by atoms with Gasteiger partial charge in [0.1, 0.15) is 17.2 Å². The van der Waals surface area contributed by atoms with E-state index >= 15 is 0 Å². The Morgan fingerprint density at radius 3 is 2.00 bits per heavy atom. The van der Waals surface area contributed by atoms with E-state index < -0.39 is 17.2 Å². The van der Waals surface area contributed by atoms with E-state index in [0.29, 0.717) is 0 Å². The van der Waals surface area contributed by atoms with Gasteiger partial charge in [0.25, 0.3) is 0 Å². The summed E-state index contributed by atoms with van der Waals surface area (Å²) in [5.41, 5.74) is 0. The second kappa shape index (κ2) is 3.19. The van der Waals surface area contributed by atoms with Crippen LogP contribution < -0.4 is 4.65 Å². The van der Waals surface area contributed by atoms with Crippen molar-refractivity contribution in [3.63, 3.8) is 0 Å². The van der Waals surface area contributed by atoms with E-state index in [0.717, 1.165) is 0 Å². The Labute approximate surface area is 67.0 Å². The Morgan fingerprint density at radius 2 is 1.60 bits per heavy atom. The van der Waals surface area contributed by atoms with Crippen molar-refractivity contribution in [1.29, 1.82) is 0 Å². The molecule has 1 fully saturated rings. The van der Waals surface area contributed by atoms with E-state index in [4.69, 9.17) is 0 Å². The monoisotopic (exact) mass is 173 g/mol. The summed E-state index contributed by atoms with van der Waals surface area (Å²) in [4.78, 5) is 0. The van der Waals surface area contributed by atoms with Gasteiger partial charge in [0.05, 0.1) is 0 Å². The molecule has 10 heavy (non-hydrogen) atoms. The summed E-state index contributed by atoms with van der Waals surface area (Å²) < 4.78 is 3.90. The average Bonchev–Trinajstić information content (AvgIpc) is 2.12. The standard InChI is InChI=1S/C7H19NSi2/c1-10(2,3)8-9-6-4-5-7-9/h8-9H,4-7H2,1-3H3. The van der Waals surface area contributed by atoms with Crippen molar-refractivity contribution < 1.29 is 0 Å². The number of hydrogen-bond acceptors (Lipinski definition) is 1. The topological polar surface area (TPSA) is 12.0 Å². The Hall–Kier alpha value is 0.394. The van der Waals surface area contributed by atoms with Crippen LogP contribution in [0, 0.1) is 0 Å². The second-order valence-electron chi connectivity index (χ2n) is 4.38. The number of rotatable bonds is 2. The molecule has 1 aliphatic heterocycles. The molecule has 0 aromatic heterocycles. The van der Waals surface area contributed by atoms with Gasteiger partial charge in [-0.1, -0.05) is 32.5 Å². The van der Waals surface area contributed by atoms with Crippen molar-refractivity contribution >= 4 is 17.2 Å². The Kier molecular flexibility index (Phi) is 2.71. The third-order valence-electron chi connectivity index (χ3n) is 1.99. The molecule has 3 heteroatoms. The average molecular weight is 173 g/mol. The normalized spacial score (nSPS) is 21.9. The molecule has 1 heterocycles. The van der Waals surface area contributed by atoms with E-state index in [1.165, 1.54) is 12.8 Å². The van der Waals surface area contributed by atoms with Crippen molar-refractivity contribution in [2.24, 2.45) is 0 Å². The van der Waals surface area contributed by atoms with E-state index in [1.807, 2.05) is 0 Å². The zero-order valence-electron chi connectivity index (χ0n) is 7.41. The lowest BCUT2D eigenvalue weighted by Crippen LogP contribution is -2.49. The van der Waals surface area contributed by atoms with Crippen LogP contribution in [0.5, 0.6) is 0 Å². The lowest BCUT2D eigenvalue weighted by atomic mass is 10.4. The maximum atomic E-state index is 3.90. The quantitative estimate of drug-likeness (QED) is 0.629. The van der Waals surface area contributed by atoms with Gasteiger partial charge in [-0.15, -0.1) is 0 Å². The van der Waals surface area contributed by atoms with Gasteiger partial charge in [-0.25, -0.2) is 0 Å². The fourth-order valence-electron chi connectivity index (χ4n) is 1.68. The SMILES string of the molecule is C[Si](C)(C)N[SiH]1CCCC1. The summed E-state index contributed by atoms with van der Waals surface area (Å²) >= 11 is 0. The first-order valence-electron chi connectivity index (χ1n) is 4.36. The first-order chi connectivity index (χ1) is 4.58. The second-order valence-corrected chi connectivity index (χ2v) is 12.6. The van der Waals surface area contributed by atoms with E-state index in [1.54, 1.807) is 12.1 Å². The lowest BCUT2D eigenvalue weighted by molar-refractivity contribution is 0.935. The van der Waals surface area contributed by atoms with Crippen molar-refractivity contribution in [1.82, 2.24) is 4.65 Å². The minimum atomic E-state index is -0.911. The van der Waals surface area contributed by atoms with Crippen LogP contribution in [0.2, 0.25) is 31.7 Å². The Bertz CT molecular complexity index is 103. The zero-order chi connectivity index (χ0) is 7.61. The first-order valence-corrected chi connectivity index (χ1v) is 10.1. The Balaban J connectivity index is 2.24. The molecule has 0 aliphatic carbocycles. The molecule has 60 valence electrons. The van der Waals surface area contributed by atoms with Gasteiger partial charge in [0.2, 0.25) is 0 Å². The predicted molar refractivity (Wildman–Crippen MR) is 52.5 cm³/mol. The van der Waals surface area contributed by atoms with Gasteiger partial charge in [0, 0.05) is 0 Å². The molecule has 0 aromatic carbocycles. The van der Waals surface area contributed by atoms with Crippen LogP contribution >= 0.6 is 0 Å². The van der Waals surface area contributed by atoms with Crippen molar-refractivity contribution in [3.05, 3.63) is 0 Å². The fraction of sp³-hybridized carbons (Fsp3) is 1.00. The van der Waals surface area contributed by atoms with E-state index in [9.17, 15) is 0 Å². The van der Waals surface area contributed by atoms with Gasteiger partial charge >= 0.3 is 0 Å². The molecule has 0 radical (unpaired) electrons. The predicted octanol–water partition coefficient (Wildman–Crippen LogP) is 1.93. The highest BCUT2D eigenvalue weighted by Crippen LogP contribution is 2.18. The van der Waals surface area contributed by atoms with Crippen LogP contribution in [0.4, 0.5) is 0 Å². The van der Waals surface area contributed by atoms with Crippen molar-refractivity contribution in [3.8, 4) is 0 Å². The highest BCUT2D eigenvalue weighted by molar-refractivity contribution is 6.83. The summed E-state index contributed by atoms with van der Waals surface area (Å²) in [6.07, 6.45) is 3.02. The number of hydrogen-bond donors (Lipinski definition) is 1. The first kappa shape index (κ1) is 8.49. The van der Waals surface area contributed by atoms with Crippen LogP contribution in [0.1, 0.15) is 12.8 Å². The summed E-state index contributed by atoms with van der Waals surface area (Å²) in [6.45, 7) is 7.24.